The number of carbonyl (C=O) groups is 1. The smallest absolute Gasteiger partial charge is 0.338 e. The number of nitrogens with zero attached hydrogens (tertiary/aromatic N) is 1. The Hall–Kier alpha value is -2.90. The second-order valence-electron chi connectivity index (χ2n) is 3.73. The minimum atomic E-state index is -1.59. The average Bonchev–Trinajstić information content (AvgIpc) is 2.88. The van der Waals surface area contributed by atoms with Crippen LogP contribution < -0.4 is 4.74 Å². The van der Waals surface area contributed by atoms with Crippen molar-refractivity contribution in [2.75, 3.05) is 0 Å². The number of carboxylic acids is 1. The number of hydrogen-bond acceptors (Lipinski definition) is 5. The third-order valence-electron chi connectivity index (χ3n) is 2.43. The normalized spacial score (nSPS) is 10.2. The lowest BCUT2D eigenvalue weighted by Crippen LogP contribution is -2.05. The molecule has 2 aromatic rings. The molecule has 1 aromatic heterocycles. The number of nitro groups is 1. The number of furan rings is 1. The van der Waals surface area contributed by atoms with Gasteiger partial charge in [0.25, 0.3) is 0 Å². The summed E-state index contributed by atoms with van der Waals surface area (Å²) in [7, 11) is 0. The molecule has 0 amide bonds. The van der Waals surface area contributed by atoms with Crippen LogP contribution in [0.25, 0.3) is 0 Å². The van der Waals surface area contributed by atoms with Gasteiger partial charge in [0, 0.05) is 12.1 Å². The van der Waals surface area contributed by atoms with Crippen LogP contribution in [0.15, 0.2) is 34.9 Å². The van der Waals surface area contributed by atoms with Gasteiger partial charge >= 0.3 is 11.7 Å². The van der Waals surface area contributed by atoms with E-state index >= 15 is 0 Å². The summed E-state index contributed by atoms with van der Waals surface area (Å²) in [4.78, 5) is 20.7. The lowest BCUT2D eigenvalue weighted by atomic mass is 10.1. The van der Waals surface area contributed by atoms with Crippen LogP contribution in [0.2, 0.25) is 0 Å². The molecule has 1 N–H and O–H groups in total. The number of rotatable bonds is 5. The van der Waals surface area contributed by atoms with E-state index in [1.807, 2.05) is 0 Å². The molecule has 1 heterocycles. The zero-order valence-electron chi connectivity index (χ0n) is 9.91. The van der Waals surface area contributed by atoms with Crippen LogP contribution in [-0.2, 0) is 6.61 Å². The molecule has 2 rings (SSSR count). The first kappa shape index (κ1) is 13.5. The van der Waals surface area contributed by atoms with Crippen molar-refractivity contribution in [3.63, 3.8) is 0 Å². The van der Waals surface area contributed by atoms with E-state index < -0.39 is 28.0 Å². The van der Waals surface area contributed by atoms with E-state index in [2.05, 4.69) is 0 Å². The van der Waals surface area contributed by atoms with Crippen molar-refractivity contribution in [3.05, 3.63) is 57.8 Å². The van der Waals surface area contributed by atoms with Gasteiger partial charge in [-0.25, -0.2) is 9.18 Å². The van der Waals surface area contributed by atoms with Gasteiger partial charge < -0.3 is 14.3 Å². The Labute approximate surface area is 111 Å². The number of nitro benzene ring substituents is 1. The van der Waals surface area contributed by atoms with Crippen LogP contribution in [0.3, 0.4) is 0 Å². The zero-order chi connectivity index (χ0) is 14.7. The van der Waals surface area contributed by atoms with Gasteiger partial charge in [-0.05, 0) is 12.1 Å². The van der Waals surface area contributed by atoms with Crippen molar-refractivity contribution >= 4 is 11.7 Å². The summed E-state index contributed by atoms with van der Waals surface area (Å²) < 4.78 is 23.6. The highest BCUT2D eigenvalue weighted by Crippen LogP contribution is 2.30. The number of halogens is 1. The van der Waals surface area contributed by atoms with Crippen LogP contribution in [0, 0.1) is 15.9 Å². The number of ether oxygens (including phenoxy) is 1. The molecular formula is C12H8FNO6. The van der Waals surface area contributed by atoms with Gasteiger partial charge in [0.05, 0.1) is 11.2 Å². The van der Waals surface area contributed by atoms with Gasteiger partial charge in [0.1, 0.15) is 23.7 Å². The van der Waals surface area contributed by atoms with Crippen LogP contribution >= 0.6 is 0 Å². The minimum absolute atomic E-state index is 0.139. The summed E-state index contributed by atoms with van der Waals surface area (Å²) in [5.41, 5.74) is -1.42. The van der Waals surface area contributed by atoms with Gasteiger partial charge in [0.15, 0.2) is 0 Å². The molecule has 0 aliphatic carbocycles. The molecule has 0 bridgehead atoms. The quantitative estimate of drug-likeness (QED) is 0.667. The maximum Gasteiger partial charge on any atom is 0.338 e. The molecule has 1 aromatic carbocycles. The van der Waals surface area contributed by atoms with Gasteiger partial charge in [-0.1, -0.05) is 0 Å². The molecule has 0 saturated heterocycles. The van der Waals surface area contributed by atoms with Crippen molar-refractivity contribution in [2.45, 2.75) is 6.61 Å². The van der Waals surface area contributed by atoms with Gasteiger partial charge in [-0.3, -0.25) is 10.1 Å². The van der Waals surface area contributed by atoms with E-state index in [0.29, 0.717) is 17.9 Å². The molecule has 0 fully saturated rings. The number of hydrogen-bond donors (Lipinski definition) is 1. The molecule has 0 aliphatic heterocycles. The van der Waals surface area contributed by atoms with E-state index in [1.165, 1.54) is 6.26 Å². The largest absolute Gasteiger partial charge is 0.479 e. The topological polar surface area (TPSA) is 103 Å². The summed E-state index contributed by atoms with van der Waals surface area (Å²) in [6.07, 6.45) is 1.39. The third kappa shape index (κ3) is 2.74. The summed E-state index contributed by atoms with van der Waals surface area (Å²) in [5, 5.41) is 19.6. The molecule has 0 radical (unpaired) electrons. The van der Waals surface area contributed by atoms with E-state index in [-0.39, 0.29) is 12.4 Å². The van der Waals surface area contributed by atoms with Crippen LogP contribution in [0.5, 0.6) is 5.75 Å². The fraction of sp³-hybridized carbons (Fsp3) is 0.0833. The van der Waals surface area contributed by atoms with Gasteiger partial charge in [-0.2, -0.15) is 0 Å². The lowest BCUT2D eigenvalue weighted by Gasteiger charge is -2.06. The monoisotopic (exact) mass is 281 g/mol. The van der Waals surface area contributed by atoms with E-state index in [1.54, 1.807) is 12.1 Å². The summed E-state index contributed by atoms with van der Waals surface area (Å²) in [5.74, 6) is -2.68. The highest BCUT2D eigenvalue weighted by Gasteiger charge is 2.23. The molecular weight excluding hydrogens is 273 g/mol. The van der Waals surface area contributed by atoms with Crippen LogP contribution in [0.4, 0.5) is 10.1 Å². The molecule has 7 nitrogen and oxygen atoms in total. The Bertz CT molecular complexity index is 652. The first-order chi connectivity index (χ1) is 9.49. The Morgan fingerprint density at radius 1 is 1.50 bits per heavy atom. The second kappa shape index (κ2) is 5.39. The zero-order valence-corrected chi connectivity index (χ0v) is 9.91. The van der Waals surface area contributed by atoms with Crippen LogP contribution in [-0.4, -0.2) is 16.0 Å². The summed E-state index contributed by atoms with van der Waals surface area (Å²) in [6, 6.07) is 4.47. The molecule has 8 heteroatoms. The number of aromatic carboxylic acids is 1. The minimum Gasteiger partial charge on any atom is -0.479 e. The van der Waals surface area contributed by atoms with Crippen molar-refractivity contribution in [3.8, 4) is 5.75 Å². The molecule has 104 valence electrons. The third-order valence-corrected chi connectivity index (χ3v) is 2.43. The molecule has 0 saturated carbocycles. The molecule has 0 atom stereocenters. The summed E-state index contributed by atoms with van der Waals surface area (Å²) in [6.45, 7) is -0.139. The predicted molar refractivity (Wildman–Crippen MR) is 63.1 cm³/mol. The Balaban J connectivity index is 2.33. The maximum absolute atomic E-state index is 13.5. The lowest BCUT2D eigenvalue weighted by molar-refractivity contribution is -0.386. The SMILES string of the molecule is O=C(O)c1cc([N+](=O)[O-])c(OCc2ccco2)cc1F. The first-order valence-corrected chi connectivity index (χ1v) is 5.35. The molecule has 0 spiro atoms. The first-order valence-electron chi connectivity index (χ1n) is 5.35. The van der Waals surface area contributed by atoms with Crippen molar-refractivity contribution in [2.24, 2.45) is 0 Å². The average molecular weight is 281 g/mol. The maximum atomic E-state index is 13.5. The predicted octanol–water partition coefficient (Wildman–Crippen LogP) is 2.60. The number of benzene rings is 1. The molecule has 20 heavy (non-hydrogen) atoms. The highest BCUT2D eigenvalue weighted by atomic mass is 19.1. The highest BCUT2D eigenvalue weighted by molar-refractivity contribution is 5.89. The summed E-state index contributed by atoms with van der Waals surface area (Å²) >= 11 is 0. The van der Waals surface area contributed by atoms with Crippen molar-refractivity contribution in [1.29, 1.82) is 0 Å². The Morgan fingerprint density at radius 3 is 2.80 bits per heavy atom. The van der Waals surface area contributed by atoms with Crippen molar-refractivity contribution < 1.29 is 28.4 Å². The molecule has 0 unspecified atom stereocenters. The Morgan fingerprint density at radius 2 is 2.25 bits per heavy atom. The number of carboxylic acid groups (broad SMARTS) is 1. The van der Waals surface area contributed by atoms with E-state index in [9.17, 15) is 19.3 Å². The fourth-order valence-electron chi connectivity index (χ4n) is 1.51. The van der Waals surface area contributed by atoms with Crippen molar-refractivity contribution in [1.82, 2.24) is 0 Å². The standard InChI is InChI=1S/C12H8FNO6/c13-9-5-11(20-6-7-2-1-3-19-7)10(14(17)18)4-8(9)12(15)16/h1-5H,6H2,(H,15,16). The van der Waals surface area contributed by atoms with Gasteiger partial charge in [0.2, 0.25) is 5.75 Å². The Kier molecular flexibility index (Phi) is 3.65. The van der Waals surface area contributed by atoms with Gasteiger partial charge in [-0.15, -0.1) is 0 Å². The fourth-order valence-corrected chi connectivity index (χ4v) is 1.51. The van der Waals surface area contributed by atoms with E-state index in [0.717, 1.165) is 0 Å². The second-order valence-corrected chi connectivity index (χ2v) is 3.73. The van der Waals surface area contributed by atoms with Crippen LogP contribution in [0.1, 0.15) is 16.1 Å². The molecule has 0 aliphatic rings. The van der Waals surface area contributed by atoms with E-state index in [4.69, 9.17) is 14.3 Å².